The summed E-state index contributed by atoms with van der Waals surface area (Å²) in [6, 6.07) is 6.13. The van der Waals surface area contributed by atoms with Crippen molar-refractivity contribution in [2.75, 3.05) is 13.1 Å². The van der Waals surface area contributed by atoms with E-state index in [1.807, 2.05) is 0 Å². The van der Waals surface area contributed by atoms with E-state index in [4.69, 9.17) is 4.42 Å². The number of nitrogens with zero attached hydrogens (tertiary/aromatic N) is 1. The zero-order chi connectivity index (χ0) is 15.4. The fourth-order valence-corrected chi connectivity index (χ4v) is 2.56. The fourth-order valence-electron chi connectivity index (χ4n) is 2.56. The molecule has 2 heterocycles. The van der Waals surface area contributed by atoms with Crippen molar-refractivity contribution in [1.29, 1.82) is 0 Å². The van der Waals surface area contributed by atoms with Gasteiger partial charge in [0.15, 0.2) is 11.6 Å². The van der Waals surface area contributed by atoms with Crippen LogP contribution in [0.25, 0.3) is 0 Å². The number of benzene rings is 1. The van der Waals surface area contributed by atoms with Gasteiger partial charge in [0, 0.05) is 19.0 Å². The molecule has 0 spiro atoms. The second kappa shape index (κ2) is 6.70. The van der Waals surface area contributed by atoms with Gasteiger partial charge in [-0.05, 0) is 37.1 Å². The van der Waals surface area contributed by atoms with Gasteiger partial charge in [0.25, 0.3) is 5.91 Å². The van der Waals surface area contributed by atoms with Gasteiger partial charge in [0.2, 0.25) is 0 Å². The molecule has 2 N–H and O–H groups in total. The first-order chi connectivity index (χ1) is 10.7. The normalized spacial score (nSPS) is 18.1. The van der Waals surface area contributed by atoms with Gasteiger partial charge in [0.1, 0.15) is 12.1 Å². The third-order valence-electron chi connectivity index (χ3n) is 3.74. The van der Waals surface area contributed by atoms with Crippen LogP contribution in [0.1, 0.15) is 40.7 Å². The van der Waals surface area contributed by atoms with E-state index in [9.17, 15) is 9.18 Å². The number of hydrogen-bond acceptors (Lipinski definition) is 4. The first kappa shape index (κ1) is 14.7. The van der Waals surface area contributed by atoms with Crippen molar-refractivity contribution < 1.29 is 13.6 Å². The molecule has 1 unspecified atom stereocenters. The first-order valence-electron chi connectivity index (χ1n) is 7.41. The molecule has 5 nitrogen and oxygen atoms in total. The van der Waals surface area contributed by atoms with E-state index in [-0.39, 0.29) is 29.9 Å². The largest absolute Gasteiger partial charge is 0.448 e. The van der Waals surface area contributed by atoms with E-state index >= 15 is 0 Å². The third kappa shape index (κ3) is 3.51. The maximum Gasteiger partial charge on any atom is 0.273 e. The number of amides is 1. The molecule has 0 aliphatic carbocycles. The predicted octanol–water partition coefficient (Wildman–Crippen LogP) is 2.21. The second-order valence-electron chi connectivity index (χ2n) is 5.43. The molecule has 6 heteroatoms. The smallest absolute Gasteiger partial charge is 0.273 e. The Balaban J connectivity index is 1.59. The van der Waals surface area contributed by atoms with Crippen molar-refractivity contribution in [1.82, 2.24) is 15.6 Å². The number of piperidine rings is 1. The number of oxazole rings is 1. The molecule has 0 bridgehead atoms. The molecule has 3 rings (SSSR count). The van der Waals surface area contributed by atoms with Gasteiger partial charge in [-0.25, -0.2) is 9.37 Å². The van der Waals surface area contributed by atoms with Gasteiger partial charge in [0.05, 0.1) is 0 Å². The molecular formula is C16H18FN3O2. The Morgan fingerprint density at radius 3 is 3.18 bits per heavy atom. The van der Waals surface area contributed by atoms with Gasteiger partial charge in [-0.2, -0.15) is 0 Å². The van der Waals surface area contributed by atoms with Gasteiger partial charge in [-0.3, -0.25) is 4.79 Å². The number of halogens is 1. The average molecular weight is 303 g/mol. The molecule has 1 amide bonds. The number of rotatable bonds is 4. The molecule has 22 heavy (non-hydrogen) atoms. The second-order valence-corrected chi connectivity index (χ2v) is 5.43. The molecule has 1 fully saturated rings. The van der Waals surface area contributed by atoms with E-state index in [2.05, 4.69) is 15.6 Å². The lowest BCUT2D eigenvalue weighted by atomic mass is 10.00. The SMILES string of the molecule is O=C(NCc1cccc(F)c1)c1coc(C2CCCNC2)n1. The van der Waals surface area contributed by atoms with Crippen LogP contribution in [0.15, 0.2) is 34.9 Å². The summed E-state index contributed by atoms with van der Waals surface area (Å²) >= 11 is 0. The predicted molar refractivity (Wildman–Crippen MR) is 78.9 cm³/mol. The van der Waals surface area contributed by atoms with Crippen molar-refractivity contribution in [3.05, 3.63) is 53.5 Å². The minimum atomic E-state index is -0.319. The van der Waals surface area contributed by atoms with E-state index in [1.165, 1.54) is 18.4 Å². The Morgan fingerprint density at radius 2 is 2.41 bits per heavy atom. The van der Waals surface area contributed by atoms with Gasteiger partial charge in [-0.15, -0.1) is 0 Å². The highest BCUT2D eigenvalue weighted by atomic mass is 19.1. The lowest BCUT2D eigenvalue weighted by Crippen LogP contribution is -2.28. The van der Waals surface area contributed by atoms with E-state index in [0.29, 0.717) is 11.5 Å². The lowest BCUT2D eigenvalue weighted by Gasteiger charge is -2.19. The van der Waals surface area contributed by atoms with Gasteiger partial charge < -0.3 is 15.1 Å². The highest BCUT2D eigenvalue weighted by Crippen LogP contribution is 2.22. The molecule has 1 aliphatic heterocycles. The fraction of sp³-hybridized carbons (Fsp3) is 0.375. The summed E-state index contributed by atoms with van der Waals surface area (Å²) in [4.78, 5) is 16.3. The van der Waals surface area contributed by atoms with E-state index in [0.717, 1.165) is 25.9 Å². The minimum Gasteiger partial charge on any atom is -0.448 e. The molecule has 0 radical (unpaired) electrons. The zero-order valence-electron chi connectivity index (χ0n) is 12.1. The van der Waals surface area contributed by atoms with Crippen LogP contribution < -0.4 is 10.6 Å². The van der Waals surface area contributed by atoms with Crippen LogP contribution in [0.5, 0.6) is 0 Å². The Morgan fingerprint density at radius 1 is 1.50 bits per heavy atom. The molecular weight excluding hydrogens is 285 g/mol. The summed E-state index contributed by atoms with van der Waals surface area (Å²) in [5, 5.41) is 6.00. The summed E-state index contributed by atoms with van der Waals surface area (Å²) in [6.45, 7) is 2.09. The number of nitrogens with one attached hydrogen (secondary N) is 2. The highest BCUT2D eigenvalue weighted by Gasteiger charge is 2.21. The maximum absolute atomic E-state index is 13.1. The lowest BCUT2D eigenvalue weighted by molar-refractivity contribution is 0.0945. The van der Waals surface area contributed by atoms with Crippen LogP contribution in [0.3, 0.4) is 0 Å². The number of carbonyl (C=O) groups excluding carboxylic acids is 1. The Bertz CT molecular complexity index is 650. The summed E-state index contributed by atoms with van der Waals surface area (Å²) < 4.78 is 18.5. The number of hydrogen-bond donors (Lipinski definition) is 2. The molecule has 1 aromatic heterocycles. The molecule has 116 valence electrons. The molecule has 1 aliphatic rings. The van der Waals surface area contributed by atoms with Crippen molar-refractivity contribution >= 4 is 5.91 Å². The topological polar surface area (TPSA) is 67.2 Å². The van der Waals surface area contributed by atoms with Crippen LogP contribution in [0.2, 0.25) is 0 Å². The van der Waals surface area contributed by atoms with Crippen molar-refractivity contribution in [3.8, 4) is 0 Å². The standard InChI is InChI=1S/C16H18FN3O2/c17-13-5-1-3-11(7-13)8-19-15(21)14-10-22-16(20-14)12-4-2-6-18-9-12/h1,3,5,7,10,12,18H,2,4,6,8-9H2,(H,19,21). The molecule has 0 saturated carbocycles. The number of aromatic nitrogens is 1. The summed E-state index contributed by atoms with van der Waals surface area (Å²) in [5.74, 6) is 0.185. The average Bonchev–Trinajstić information content (AvgIpc) is 3.04. The minimum absolute atomic E-state index is 0.221. The zero-order valence-corrected chi connectivity index (χ0v) is 12.1. The van der Waals surface area contributed by atoms with Crippen molar-refractivity contribution in [2.45, 2.75) is 25.3 Å². The quantitative estimate of drug-likeness (QED) is 0.909. The van der Waals surface area contributed by atoms with Crippen LogP contribution in [-0.4, -0.2) is 24.0 Å². The number of carbonyl (C=O) groups is 1. The maximum atomic E-state index is 13.1. The summed E-state index contributed by atoms with van der Waals surface area (Å²) in [6.07, 6.45) is 3.47. The molecule has 2 aromatic rings. The van der Waals surface area contributed by atoms with Gasteiger partial charge in [-0.1, -0.05) is 12.1 Å². The van der Waals surface area contributed by atoms with Crippen LogP contribution in [0.4, 0.5) is 4.39 Å². The van der Waals surface area contributed by atoms with Gasteiger partial charge >= 0.3 is 0 Å². The Kier molecular flexibility index (Phi) is 4.48. The van der Waals surface area contributed by atoms with Crippen LogP contribution >= 0.6 is 0 Å². The molecule has 1 saturated heterocycles. The summed E-state index contributed by atoms with van der Waals surface area (Å²) in [7, 11) is 0. The summed E-state index contributed by atoms with van der Waals surface area (Å²) in [5.41, 5.74) is 0.963. The van der Waals surface area contributed by atoms with Crippen molar-refractivity contribution in [2.24, 2.45) is 0 Å². The molecule has 1 atom stereocenters. The highest BCUT2D eigenvalue weighted by molar-refractivity contribution is 5.91. The van der Waals surface area contributed by atoms with E-state index < -0.39 is 0 Å². The Labute approximate surface area is 127 Å². The van der Waals surface area contributed by atoms with Crippen LogP contribution in [0, 0.1) is 5.82 Å². The molecule has 1 aromatic carbocycles. The first-order valence-corrected chi connectivity index (χ1v) is 7.41. The van der Waals surface area contributed by atoms with E-state index in [1.54, 1.807) is 12.1 Å². The monoisotopic (exact) mass is 303 g/mol. The Hall–Kier alpha value is -2.21. The third-order valence-corrected chi connectivity index (χ3v) is 3.74. The van der Waals surface area contributed by atoms with Crippen molar-refractivity contribution in [3.63, 3.8) is 0 Å². The van der Waals surface area contributed by atoms with Crippen LogP contribution in [-0.2, 0) is 6.54 Å².